The molecule has 10 heteroatoms. The largest absolute Gasteiger partial charge is 0.379 e. The summed E-state index contributed by atoms with van der Waals surface area (Å²) in [7, 11) is 0. The van der Waals surface area contributed by atoms with Crippen LogP contribution in [0.25, 0.3) is 11.7 Å². The van der Waals surface area contributed by atoms with Gasteiger partial charge in [0.2, 0.25) is 0 Å². The van der Waals surface area contributed by atoms with Crippen LogP contribution in [0.5, 0.6) is 0 Å². The zero-order chi connectivity index (χ0) is 25.8. The minimum absolute atomic E-state index is 0.182. The zero-order valence-corrected chi connectivity index (χ0v) is 22.3. The summed E-state index contributed by atoms with van der Waals surface area (Å²) in [5, 5.41) is 3.36. The number of benzene rings is 1. The number of nitrogens with zero attached hydrogens (tertiary/aromatic N) is 4. The van der Waals surface area contributed by atoms with Crippen molar-refractivity contribution in [2.24, 2.45) is 0 Å². The summed E-state index contributed by atoms with van der Waals surface area (Å²) < 4.78 is 7.46. The van der Waals surface area contributed by atoms with E-state index in [1.165, 1.54) is 16.2 Å². The average Bonchev–Trinajstić information content (AvgIpc) is 3.18. The number of amides is 1. The van der Waals surface area contributed by atoms with Crippen molar-refractivity contribution in [1.82, 2.24) is 19.2 Å². The summed E-state index contributed by atoms with van der Waals surface area (Å²) in [6, 6.07) is 13.7. The number of anilines is 1. The molecule has 5 rings (SSSR count). The van der Waals surface area contributed by atoms with Gasteiger partial charge in [-0.1, -0.05) is 60.4 Å². The van der Waals surface area contributed by atoms with E-state index in [4.69, 9.17) is 21.9 Å². The molecule has 8 nitrogen and oxygen atoms in total. The third kappa shape index (κ3) is 5.77. The van der Waals surface area contributed by atoms with E-state index in [1.54, 1.807) is 17.2 Å². The lowest BCUT2D eigenvalue weighted by molar-refractivity contribution is -0.122. The van der Waals surface area contributed by atoms with Gasteiger partial charge in [-0.25, -0.2) is 4.98 Å². The highest BCUT2D eigenvalue weighted by atomic mass is 32.2. The molecule has 37 heavy (non-hydrogen) atoms. The van der Waals surface area contributed by atoms with E-state index in [0.29, 0.717) is 45.8 Å². The normalized spacial score (nSPS) is 17.8. The van der Waals surface area contributed by atoms with Gasteiger partial charge >= 0.3 is 0 Å². The second kappa shape index (κ2) is 11.6. The number of morpholine rings is 1. The van der Waals surface area contributed by atoms with Gasteiger partial charge in [0.25, 0.3) is 11.5 Å². The minimum atomic E-state index is -0.225. The molecule has 2 aliphatic rings. The number of thiocarbonyl (C=S) groups is 1. The van der Waals surface area contributed by atoms with Crippen LogP contribution in [-0.4, -0.2) is 75.3 Å². The smallest absolute Gasteiger partial charge is 0.267 e. The summed E-state index contributed by atoms with van der Waals surface area (Å²) in [6.07, 6.45) is 4.05. The van der Waals surface area contributed by atoms with E-state index in [-0.39, 0.29) is 11.5 Å². The van der Waals surface area contributed by atoms with Crippen LogP contribution in [0.3, 0.4) is 0 Å². The first-order chi connectivity index (χ1) is 18.0. The Morgan fingerprint density at radius 3 is 2.68 bits per heavy atom. The van der Waals surface area contributed by atoms with Gasteiger partial charge < -0.3 is 10.1 Å². The summed E-state index contributed by atoms with van der Waals surface area (Å²) in [5.41, 5.74) is 2.76. The van der Waals surface area contributed by atoms with Gasteiger partial charge in [0, 0.05) is 38.9 Å². The second-order valence-electron chi connectivity index (χ2n) is 9.01. The van der Waals surface area contributed by atoms with E-state index in [0.717, 1.165) is 44.0 Å². The summed E-state index contributed by atoms with van der Waals surface area (Å²) >= 11 is 6.75. The third-order valence-corrected chi connectivity index (χ3v) is 7.90. The van der Waals surface area contributed by atoms with Crippen LogP contribution in [0.4, 0.5) is 5.82 Å². The number of aryl methyl sites for hydroxylation is 1. The minimum Gasteiger partial charge on any atom is -0.379 e. The van der Waals surface area contributed by atoms with Gasteiger partial charge in [0.1, 0.15) is 15.8 Å². The molecule has 4 heterocycles. The molecule has 0 saturated carbocycles. The van der Waals surface area contributed by atoms with Gasteiger partial charge in [0.15, 0.2) is 0 Å². The van der Waals surface area contributed by atoms with Crippen molar-refractivity contribution < 1.29 is 9.53 Å². The second-order valence-corrected chi connectivity index (χ2v) is 10.7. The maximum atomic E-state index is 13.6. The molecule has 0 aliphatic carbocycles. The van der Waals surface area contributed by atoms with E-state index >= 15 is 0 Å². The molecule has 0 bridgehead atoms. The highest BCUT2D eigenvalue weighted by Gasteiger charge is 2.32. The van der Waals surface area contributed by atoms with Crippen LogP contribution in [0.15, 0.2) is 58.4 Å². The predicted molar refractivity (Wildman–Crippen MR) is 152 cm³/mol. The van der Waals surface area contributed by atoms with E-state index < -0.39 is 0 Å². The van der Waals surface area contributed by atoms with Gasteiger partial charge in [0.05, 0.1) is 23.7 Å². The van der Waals surface area contributed by atoms with Crippen LogP contribution in [0, 0.1) is 6.92 Å². The quantitative estimate of drug-likeness (QED) is 0.348. The maximum Gasteiger partial charge on any atom is 0.267 e. The molecule has 2 fully saturated rings. The van der Waals surface area contributed by atoms with E-state index in [9.17, 15) is 9.59 Å². The summed E-state index contributed by atoms with van der Waals surface area (Å²) in [6.45, 7) is 7.06. The first kappa shape index (κ1) is 25.6. The SMILES string of the molecule is Cc1cccn2c(=O)c(/C=C3/SC(=S)N(CCc4ccccc4)C3=O)c(NCCN3CCOCC3)nc12. The molecule has 1 N–H and O–H groups in total. The fraction of sp³-hybridized carbons (Fsp3) is 0.333. The number of pyridine rings is 1. The van der Waals surface area contributed by atoms with Crippen LogP contribution in [-0.2, 0) is 16.0 Å². The Balaban J connectivity index is 1.42. The number of thioether (sulfide) groups is 1. The number of carbonyl (C=O) groups excluding carboxylic acids is 1. The fourth-order valence-corrected chi connectivity index (χ4v) is 5.73. The molecule has 2 aliphatic heterocycles. The van der Waals surface area contributed by atoms with Crippen LogP contribution >= 0.6 is 24.0 Å². The first-order valence-electron chi connectivity index (χ1n) is 12.4. The molecule has 2 saturated heterocycles. The number of fused-ring (bicyclic) bond motifs is 1. The summed E-state index contributed by atoms with van der Waals surface area (Å²) in [4.78, 5) is 36.0. The molecular formula is C27H29N5O3S2. The molecule has 0 spiro atoms. The lowest BCUT2D eigenvalue weighted by Crippen LogP contribution is -2.39. The van der Waals surface area contributed by atoms with Crippen molar-refractivity contribution in [2.45, 2.75) is 13.3 Å². The Hall–Kier alpha value is -3.05. The molecule has 3 aromatic rings. The van der Waals surface area contributed by atoms with Crippen molar-refractivity contribution in [3.8, 4) is 0 Å². The monoisotopic (exact) mass is 535 g/mol. The third-order valence-electron chi connectivity index (χ3n) is 6.52. The van der Waals surface area contributed by atoms with Crippen LogP contribution < -0.4 is 10.9 Å². The number of rotatable bonds is 8. The number of hydrogen-bond acceptors (Lipinski definition) is 8. The van der Waals surface area contributed by atoms with Crippen LogP contribution in [0.2, 0.25) is 0 Å². The van der Waals surface area contributed by atoms with Crippen LogP contribution in [0.1, 0.15) is 16.7 Å². The van der Waals surface area contributed by atoms with Gasteiger partial charge in [-0.15, -0.1) is 0 Å². The number of hydrogen-bond donors (Lipinski definition) is 1. The maximum absolute atomic E-state index is 13.6. The average molecular weight is 536 g/mol. The Labute approximate surface area is 225 Å². The number of nitrogens with one attached hydrogen (secondary N) is 1. The lowest BCUT2D eigenvalue weighted by atomic mass is 10.1. The molecule has 0 atom stereocenters. The molecule has 1 amide bonds. The first-order valence-corrected chi connectivity index (χ1v) is 13.6. The molecule has 0 unspecified atom stereocenters. The van der Waals surface area contributed by atoms with Crippen molar-refractivity contribution in [3.05, 3.63) is 80.6 Å². The number of aromatic nitrogens is 2. The Morgan fingerprint density at radius 1 is 1.11 bits per heavy atom. The van der Waals surface area contributed by atoms with Gasteiger partial charge in [-0.2, -0.15) is 0 Å². The van der Waals surface area contributed by atoms with E-state index in [1.807, 2.05) is 49.4 Å². The molecular weight excluding hydrogens is 506 g/mol. The van der Waals surface area contributed by atoms with Crippen molar-refractivity contribution in [2.75, 3.05) is 51.3 Å². The van der Waals surface area contributed by atoms with Crippen molar-refractivity contribution >= 4 is 51.7 Å². The molecule has 1 aromatic carbocycles. The Morgan fingerprint density at radius 2 is 1.89 bits per heavy atom. The van der Waals surface area contributed by atoms with E-state index in [2.05, 4.69) is 10.2 Å². The van der Waals surface area contributed by atoms with Crippen molar-refractivity contribution in [1.29, 1.82) is 0 Å². The zero-order valence-electron chi connectivity index (χ0n) is 20.7. The Bertz CT molecular complexity index is 1400. The molecule has 0 radical (unpaired) electrons. The fourth-order valence-electron chi connectivity index (χ4n) is 4.44. The van der Waals surface area contributed by atoms with Crippen molar-refractivity contribution in [3.63, 3.8) is 0 Å². The number of carbonyl (C=O) groups is 1. The van der Waals surface area contributed by atoms with Gasteiger partial charge in [-0.05, 0) is 36.6 Å². The highest BCUT2D eigenvalue weighted by Crippen LogP contribution is 2.33. The topological polar surface area (TPSA) is 79.2 Å². The van der Waals surface area contributed by atoms with Gasteiger partial charge in [-0.3, -0.25) is 23.8 Å². The number of ether oxygens (including phenoxy) is 1. The predicted octanol–water partition coefficient (Wildman–Crippen LogP) is 3.19. The Kier molecular flexibility index (Phi) is 7.99. The lowest BCUT2D eigenvalue weighted by Gasteiger charge is -2.26. The molecule has 2 aromatic heterocycles. The highest BCUT2D eigenvalue weighted by molar-refractivity contribution is 8.26. The molecule has 192 valence electrons. The standard InChI is InChI=1S/C27H29N5O3S2/c1-19-6-5-11-31-24(19)29-23(28-10-13-30-14-16-35-17-15-30)21(25(31)33)18-22-26(34)32(27(36)37-22)12-9-20-7-3-2-4-8-20/h2-8,11,18,28H,9-10,12-17H2,1H3/b22-18+. The summed E-state index contributed by atoms with van der Waals surface area (Å²) in [5.74, 6) is 0.293.